The molecule has 75 heavy (non-hydrogen) atoms. The first kappa shape index (κ1) is 42.8. The average molecular weight is 968 g/mol. The number of ether oxygens (including phenoxy) is 3. The van der Waals surface area contributed by atoms with Crippen LogP contribution in [0.2, 0.25) is 0 Å². The third-order valence-electron chi connectivity index (χ3n) is 15.1. The van der Waals surface area contributed by atoms with Crippen LogP contribution in [0.1, 0.15) is 16.7 Å². The van der Waals surface area contributed by atoms with Crippen LogP contribution in [-0.2, 0) is 6.54 Å². The molecule has 0 spiro atoms. The summed E-state index contributed by atoms with van der Waals surface area (Å²) in [6.45, 7) is 5.10. The molecular weight excluding hydrogens is 921 g/mol. The molecule has 14 aromatic rings. The van der Waals surface area contributed by atoms with Gasteiger partial charge in [-0.05, 0) is 122 Å². The second kappa shape index (κ2) is 16.9. The molecule has 0 atom stereocenters. The van der Waals surface area contributed by atoms with E-state index < -0.39 is 0 Å². The van der Waals surface area contributed by atoms with Gasteiger partial charge in [-0.3, -0.25) is 0 Å². The maximum absolute atomic E-state index is 7.31. The van der Waals surface area contributed by atoms with E-state index in [0.29, 0.717) is 11.5 Å². The average Bonchev–Trinajstić information content (AvgIpc) is 4.18. The van der Waals surface area contributed by atoms with E-state index in [2.05, 4.69) is 269 Å². The summed E-state index contributed by atoms with van der Waals surface area (Å²) in [4.78, 5) is 0. The number of para-hydroxylation sites is 6. The van der Waals surface area contributed by atoms with Crippen LogP contribution in [0, 0.1) is 13.8 Å². The van der Waals surface area contributed by atoms with Crippen LogP contribution in [0.3, 0.4) is 0 Å². The molecule has 0 saturated carbocycles. The Kier molecular flexibility index (Phi) is 9.63. The first-order chi connectivity index (χ1) is 37.0. The van der Waals surface area contributed by atoms with Gasteiger partial charge in [-0.1, -0.05) is 103 Å². The molecule has 0 N–H and O–H groups in total. The summed E-state index contributed by atoms with van der Waals surface area (Å²) in [7, 11) is 0. The highest BCUT2D eigenvalue weighted by molar-refractivity contribution is 6.12. The van der Waals surface area contributed by atoms with Gasteiger partial charge in [-0.25, -0.2) is 0 Å². The van der Waals surface area contributed by atoms with Gasteiger partial charge in [0.1, 0.15) is 23.0 Å². The third-order valence-corrected chi connectivity index (χ3v) is 15.1. The maximum Gasteiger partial charge on any atom is 0.213 e. The van der Waals surface area contributed by atoms with E-state index in [-0.39, 0.29) is 0 Å². The van der Waals surface area contributed by atoms with Gasteiger partial charge in [-0.2, -0.15) is 4.57 Å². The number of hydrogen-bond donors (Lipinski definition) is 0. The van der Waals surface area contributed by atoms with Gasteiger partial charge in [0.2, 0.25) is 5.69 Å². The maximum atomic E-state index is 7.31. The SMILES string of the molecule is Cc1cccc(-n2c3ccccc3c3ccccc32)c1Oc1cc(C)c(Oc2ccc3c4ccc(Oc5ccc6c(c5)-c5cccc[n+]5C6)cc4n(-c4ccccc4)c3c2)c(-n2c3ccccc3c3ccccc32)c1. The summed E-state index contributed by atoms with van der Waals surface area (Å²) in [5.74, 6) is 4.50. The number of pyridine rings is 1. The minimum Gasteiger partial charge on any atom is -0.457 e. The van der Waals surface area contributed by atoms with Crippen molar-refractivity contribution in [2.75, 3.05) is 0 Å². The number of aromatic nitrogens is 4. The number of hydrogen-bond acceptors (Lipinski definition) is 3. The zero-order valence-electron chi connectivity index (χ0n) is 41.2. The van der Waals surface area contributed by atoms with Gasteiger partial charge < -0.3 is 27.9 Å². The monoisotopic (exact) mass is 967 g/mol. The van der Waals surface area contributed by atoms with Crippen LogP contribution in [0.25, 0.3) is 93.7 Å². The lowest BCUT2D eigenvalue weighted by Gasteiger charge is -2.21. The summed E-state index contributed by atoms with van der Waals surface area (Å²) >= 11 is 0. The highest BCUT2D eigenvalue weighted by Crippen LogP contribution is 2.45. The molecule has 4 aromatic heterocycles. The molecule has 0 unspecified atom stereocenters. The second-order valence-corrected chi connectivity index (χ2v) is 19.6. The summed E-state index contributed by atoms with van der Waals surface area (Å²) in [5.41, 5.74) is 15.0. The van der Waals surface area contributed by atoms with Crippen molar-refractivity contribution < 1.29 is 18.8 Å². The van der Waals surface area contributed by atoms with Crippen LogP contribution in [0.5, 0.6) is 34.5 Å². The van der Waals surface area contributed by atoms with Crippen molar-refractivity contribution >= 4 is 65.4 Å². The van der Waals surface area contributed by atoms with Crippen LogP contribution in [0.4, 0.5) is 0 Å². The lowest BCUT2D eigenvalue weighted by Crippen LogP contribution is -2.31. The van der Waals surface area contributed by atoms with E-state index in [9.17, 15) is 0 Å². The lowest BCUT2D eigenvalue weighted by molar-refractivity contribution is -0.672. The van der Waals surface area contributed by atoms with E-state index in [4.69, 9.17) is 14.2 Å². The van der Waals surface area contributed by atoms with Crippen LogP contribution in [-0.4, -0.2) is 13.7 Å². The fourth-order valence-corrected chi connectivity index (χ4v) is 11.8. The molecule has 0 amide bonds. The number of fused-ring (bicyclic) bond motifs is 12. The van der Waals surface area contributed by atoms with E-state index in [1.54, 1.807) is 0 Å². The molecule has 356 valence electrons. The van der Waals surface area contributed by atoms with Crippen molar-refractivity contribution in [1.29, 1.82) is 0 Å². The Labute approximate surface area is 432 Å². The molecule has 0 saturated heterocycles. The lowest BCUT2D eigenvalue weighted by atomic mass is 10.1. The number of rotatable bonds is 9. The van der Waals surface area contributed by atoms with Crippen molar-refractivity contribution in [3.8, 4) is 62.8 Å². The topological polar surface area (TPSA) is 46.4 Å². The predicted molar refractivity (Wildman–Crippen MR) is 303 cm³/mol. The van der Waals surface area contributed by atoms with E-state index in [1.165, 1.54) is 27.6 Å². The Balaban J connectivity index is 0.872. The molecule has 5 heterocycles. The standard InChI is InChI=1S/C68H47N4O3/c1-43-17-16-29-63(71-59-25-10-6-20-51(59)52-21-7-11-26-60(52)71)67(43)75-50-37-44(2)68(66(41-50)72-61-27-12-8-22-53(61)54-23-9-13-28-62(54)72)74-49-33-35-56-55-34-32-48(39-64(55)70(65(56)40-49)46-18-4-3-5-19-46)73-47-31-30-45-42-69-36-15-14-24-58(69)57(45)38-47/h3-41H,42H2,1-2H3/q+1. The van der Waals surface area contributed by atoms with Crippen molar-refractivity contribution in [2.24, 2.45) is 0 Å². The zero-order chi connectivity index (χ0) is 49.7. The zero-order valence-corrected chi connectivity index (χ0v) is 41.2. The fourth-order valence-electron chi connectivity index (χ4n) is 11.8. The van der Waals surface area contributed by atoms with Crippen LogP contribution < -0.4 is 18.8 Å². The summed E-state index contributed by atoms with van der Waals surface area (Å²) in [6, 6.07) is 81.2. The van der Waals surface area contributed by atoms with Crippen molar-refractivity contribution in [1.82, 2.24) is 13.7 Å². The second-order valence-electron chi connectivity index (χ2n) is 19.6. The third kappa shape index (κ3) is 6.85. The Morgan fingerprint density at radius 3 is 1.49 bits per heavy atom. The van der Waals surface area contributed by atoms with E-state index >= 15 is 0 Å². The Morgan fingerprint density at radius 2 is 0.853 bits per heavy atom. The fraction of sp³-hybridized carbons (Fsp3) is 0.0441. The van der Waals surface area contributed by atoms with Crippen molar-refractivity contribution in [3.63, 3.8) is 0 Å². The first-order valence-electron chi connectivity index (χ1n) is 25.5. The van der Waals surface area contributed by atoms with Crippen LogP contribution >= 0.6 is 0 Å². The van der Waals surface area contributed by atoms with Gasteiger partial charge in [0.25, 0.3) is 0 Å². The summed E-state index contributed by atoms with van der Waals surface area (Å²) in [5, 5.41) is 6.95. The number of benzene rings is 10. The summed E-state index contributed by atoms with van der Waals surface area (Å²) in [6.07, 6.45) is 2.13. The minimum absolute atomic E-state index is 0.703. The molecule has 10 aromatic carbocycles. The smallest absolute Gasteiger partial charge is 0.213 e. The molecular formula is C68H47N4O3+. The molecule has 1 aliphatic heterocycles. The van der Waals surface area contributed by atoms with Gasteiger partial charge >= 0.3 is 0 Å². The quantitative estimate of drug-likeness (QED) is 0.135. The van der Waals surface area contributed by atoms with Gasteiger partial charge in [0.15, 0.2) is 24.2 Å². The molecule has 7 heteroatoms. The molecule has 1 aliphatic rings. The molecule has 0 bridgehead atoms. The molecule has 7 nitrogen and oxygen atoms in total. The summed E-state index contributed by atoms with van der Waals surface area (Å²) < 4.78 is 30.5. The number of aryl methyl sites for hydroxylation is 2. The Hall–Kier alpha value is -9.85. The van der Waals surface area contributed by atoms with E-state index in [0.717, 1.165) is 112 Å². The van der Waals surface area contributed by atoms with E-state index in [1.807, 2.05) is 0 Å². The minimum atomic E-state index is 0.703. The molecule has 0 aliphatic carbocycles. The van der Waals surface area contributed by atoms with Crippen molar-refractivity contribution in [3.05, 3.63) is 253 Å². The predicted octanol–water partition coefficient (Wildman–Crippen LogP) is 17.3. The molecule has 15 rings (SSSR count). The first-order valence-corrected chi connectivity index (χ1v) is 25.5. The normalized spacial score (nSPS) is 12.1. The largest absolute Gasteiger partial charge is 0.457 e. The number of nitrogens with zero attached hydrogens (tertiary/aromatic N) is 4. The van der Waals surface area contributed by atoms with Crippen molar-refractivity contribution in [2.45, 2.75) is 20.4 Å². The van der Waals surface area contributed by atoms with Crippen LogP contribution in [0.15, 0.2) is 237 Å². The Morgan fingerprint density at radius 1 is 0.347 bits per heavy atom. The molecule has 0 radical (unpaired) electrons. The highest BCUT2D eigenvalue weighted by atomic mass is 16.5. The van der Waals surface area contributed by atoms with Gasteiger partial charge in [0.05, 0.1) is 50.0 Å². The highest BCUT2D eigenvalue weighted by Gasteiger charge is 2.27. The Bertz CT molecular complexity index is 4530. The molecule has 0 fully saturated rings. The van der Waals surface area contributed by atoms with Gasteiger partial charge in [-0.15, -0.1) is 0 Å². The van der Waals surface area contributed by atoms with Gasteiger partial charge in [0, 0.05) is 73.9 Å².